The third-order valence-corrected chi connectivity index (χ3v) is 4.67. The molecule has 2 unspecified atom stereocenters. The van der Waals surface area contributed by atoms with E-state index >= 15 is 0 Å². The second-order valence-electron chi connectivity index (χ2n) is 6.25. The number of H-pyrrole nitrogens is 1. The number of nitrogens with two attached hydrogens (primary N) is 1. The van der Waals surface area contributed by atoms with Crippen LogP contribution in [0.1, 0.15) is 23.3 Å². The molecular formula is C19H27N5O3S. The molecule has 1 aromatic heterocycles. The van der Waals surface area contributed by atoms with Crippen molar-refractivity contribution in [1.82, 2.24) is 20.3 Å². The van der Waals surface area contributed by atoms with E-state index in [-0.39, 0.29) is 11.8 Å². The molecule has 28 heavy (non-hydrogen) atoms. The van der Waals surface area contributed by atoms with Crippen molar-refractivity contribution in [3.05, 3.63) is 48.2 Å². The zero-order valence-corrected chi connectivity index (χ0v) is 16.7. The van der Waals surface area contributed by atoms with Gasteiger partial charge >= 0.3 is 0 Å². The first-order valence-corrected chi connectivity index (χ1v) is 10.7. The number of hydrogen-bond donors (Lipinski definition) is 5. The second kappa shape index (κ2) is 11.4. The molecule has 0 saturated heterocycles. The van der Waals surface area contributed by atoms with Crippen LogP contribution in [0.2, 0.25) is 0 Å². The summed E-state index contributed by atoms with van der Waals surface area (Å²) in [6, 6.07) is 12.5. The lowest BCUT2D eigenvalue weighted by Gasteiger charge is -2.18. The average Bonchev–Trinajstić information content (AvgIpc) is 3.19. The number of hydrogen-bond acceptors (Lipinski definition) is 4. The van der Waals surface area contributed by atoms with Crippen molar-refractivity contribution in [2.75, 3.05) is 25.9 Å². The summed E-state index contributed by atoms with van der Waals surface area (Å²) in [5.41, 5.74) is 7.73. The first-order chi connectivity index (χ1) is 13.5. The van der Waals surface area contributed by atoms with Gasteiger partial charge in [-0.1, -0.05) is 30.3 Å². The minimum Gasteiger partial charge on any atom is -0.353 e. The zero-order chi connectivity index (χ0) is 20.4. The predicted molar refractivity (Wildman–Crippen MR) is 111 cm³/mol. The van der Waals surface area contributed by atoms with E-state index in [0.717, 1.165) is 11.3 Å². The highest BCUT2D eigenvalue weighted by Crippen LogP contribution is 2.18. The van der Waals surface area contributed by atoms with E-state index in [1.165, 1.54) is 6.26 Å². The molecule has 0 bridgehead atoms. The topological polar surface area (TPSA) is 129 Å². The lowest BCUT2D eigenvalue weighted by molar-refractivity contribution is -0.123. The van der Waals surface area contributed by atoms with Crippen LogP contribution in [0.15, 0.2) is 42.5 Å². The van der Waals surface area contributed by atoms with Gasteiger partial charge in [0.05, 0.1) is 11.0 Å². The monoisotopic (exact) mass is 405 g/mol. The maximum absolute atomic E-state index is 12.6. The number of amides is 2. The summed E-state index contributed by atoms with van der Waals surface area (Å²) in [6.45, 7) is 1.12. The smallest absolute Gasteiger partial charge is 0.268 e. The fraction of sp³-hybridized carbons (Fsp3) is 0.368. The summed E-state index contributed by atoms with van der Waals surface area (Å²) < 4.78 is 13.7. The summed E-state index contributed by atoms with van der Waals surface area (Å²) in [5.74, 6) is -0.646. The van der Waals surface area contributed by atoms with Crippen LogP contribution in [0.4, 0.5) is 0 Å². The molecule has 0 aliphatic rings. The van der Waals surface area contributed by atoms with E-state index < -0.39 is 17.0 Å². The van der Waals surface area contributed by atoms with Gasteiger partial charge in [-0.05, 0) is 37.1 Å². The van der Waals surface area contributed by atoms with Gasteiger partial charge in [-0.15, -0.1) is 0 Å². The van der Waals surface area contributed by atoms with Crippen LogP contribution in [0, 0.1) is 0 Å². The van der Waals surface area contributed by atoms with E-state index in [2.05, 4.69) is 20.3 Å². The molecule has 9 heteroatoms. The van der Waals surface area contributed by atoms with Crippen molar-refractivity contribution in [3.8, 4) is 11.3 Å². The van der Waals surface area contributed by atoms with Gasteiger partial charge in [0.1, 0.15) is 11.7 Å². The van der Waals surface area contributed by atoms with Crippen LogP contribution in [0.25, 0.3) is 11.3 Å². The van der Waals surface area contributed by atoms with Gasteiger partial charge in [-0.25, -0.2) is 8.93 Å². The van der Waals surface area contributed by atoms with Crippen molar-refractivity contribution in [3.63, 3.8) is 0 Å². The molecule has 0 spiro atoms. The molecule has 1 aromatic carbocycles. The largest absolute Gasteiger partial charge is 0.353 e. The molecule has 2 atom stereocenters. The van der Waals surface area contributed by atoms with Gasteiger partial charge in [0, 0.05) is 25.0 Å². The van der Waals surface area contributed by atoms with Crippen LogP contribution >= 0.6 is 0 Å². The zero-order valence-electron chi connectivity index (χ0n) is 15.9. The first-order valence-electron chi connectivity index (χ1n) is 9.11. The molecule has 0 aliphatic heterocycles. The molecule has 8 nitrogen and oxygen atoms in total. The molecule has 2 rings (SSSR count). The molecule has 0 fully saturated rings. The molecule has 2 amide bonds. The van der Waals surface area contributed by atoms with Crippen LogP contribution in [-0.2, 0) is 15.8 Å². The molecular weight excluding hydrogens is 378 g/mol. The van der Waals surface area contributed by atoms with Crippen molar-refractivity contribution in [2.24, 2.45) is 5.73 Å². The highest BCUT2D eigenvalue weighted by molar-refractivity contribution is 7.82. The van der Waals surface area contributed by atoms with Gasteiger partial charge in [0.25, 0.3) is 5.91 Å². The van der Waals surface area contributed by atoms with Crippen LogP contribution in [0.5, 0.6) is 0 Å². The normalized spacial score (nSPS) is 12.9. The lowest BCUT2D eigenvalue weighted by atomic mass is 10.1. The third kappa shape index (κ3) is 6.91. The van der Waals surface area contributed by atoms with Gasteiger partial charge < -0.3 is 21.4 Å². The summed E-state index contributed by atoms with van der Waals surface area (Å²) in [6.07, 6.45) is 2.56. The number of carbonyl (C=O) groups is 2. The maximum atomic E-state index is 12.6. The lowest BCUT2D eigenvalue weighted by Crippen LogP contribution is -2.48. The van der Waals surface area contributed by atoms with E-state index in [4.69, 9.17) is 5.73 Å². The fourth-order valence-electron chi connectivity index (χ4n) is 2.64. The number of benzene rings is 1. The Morgan fingerprint density at radius 2 is 1.89 bits per heavy atom. The van der Waals surface area contributed by atoms with E-state index in [0.29, 0.717) is 38.2 Å². The summed E-state index contributed by atoms with van der Waals surface area (Å²) in [7, 11) is -1.14. The summed E-state index contributed by atoms with van der Waals surface area (Å²) in [5, 5.41) is 5.50. The summed E-state index contributed by atoms with van der Waals surface area (Å²) in [4.78, 5) is 28.1. The fourth-order valence-corrected chi connectivity index (χ4v) is 3.03. The first kappa shape index (κ1) is 21.8. The number of aromatic nitrogens is 1. The SMILES string of the molecule is CS(=O)NCCNC(=O)C(CCCN)NC(=O)c1ccc(-c2ccccc2)[nH]1. The Hall–Kier alpha value is -2.49. The predicted octanol–water partition coefficient (Wildman–Crippen LogP) is 0.518. The van der Waals surface area contributed by atoms with Crippen LogP contribution in [0.3, 0.4) is 0 Å². The number of carbonyl (C=O) groups excluding carboxylic acids is 2. The van der Waals surface area contributed by atoms with Crippen molar-refractivity contribution >= 4 is 22.8 Å². The Bertz CT molecular complexity index is 794. The standard InChI is InChI=1S/C19H27N5O3S/c1-28(27)22-13-12-21-18(25)16(8-5-11-20)24-19(26)17-10-9-15(23-17)14-6-3-2-4-7-14/h2-4,6-7,9-10,16,22-23H,5,8,11-13,20H2,1H3,(H,21,25)(H,24,26). The Kier molecular flexibility index (Phi) is 8.86. The number of rotatable bonds is 11. The van der Waals surface area contributed by atoms with E-state index in [1.54, 1.807) is 6.07 Å². The number of aromatic amines is 1. The molecule has 2 aromatic rings. The van der Waals surface area contributed by atoms with Crippen molar-refractivity contribution < 1.29 is 13.8 Å². The Balaban J connectivity index is 1.97. The van der Waals surface area contributed by atoms with Crippen molar-refractivity contribution in [1.29, 1.82) is 0 Å². The highest BCUT2D eigenvalue weighted by atomic mass is 32.2. The quantitative estimate of drug-likeness (QED) is 0.349. The molecule has 0 aliphatic carbocycles. The van der Waals surface area contributed by atoms with Gasteiger partial charge in [-0.2, -0.15) is 0 Å². The maximum Gasteiger partial charge on any atom is 0.268 e. The average molecular weight is 406 g/mol. The van der Waals surface area contributed by atoms with Gasteiger partial charge in [0.2, 0.25) is 5.91 Å². The Morgan fingerprint density at radius 1 is 1.14 bits per heavy atom. The molecule has 152 valence electrons. The molecule has 0 saturated carbocycles. The Morgan fingerprint density at radius 3 is 2.57 bits per heavy atom. The highest BCUT2D eigenvalue weighted by Gasteiger charge is 2.21. The molecule has 1 heterocycles. The second-order valence-corrected chi connectivity index (χ2v) is 7.45. The number of nitrogens with one attached hydrogen (secondary N) is 4. The minimum absolute atomic E-state index is 0.291. The molecule has 0 radical (unpaired) electrons. The summed E-state index contributed by atoms with van der Waals surface area (Å²) >= 11 is 0. The van der Waals surface area contributed by atoms with Gasteiger partial charge in [0.15, 0.2) is 0 Å². The van der Waals surface area contributed by atoms with E-state index in [9.17, 15) is 13.8 Å². The van der Waals surface area contributed by atoms with Crippen LogP contribution in [-0.4, -0.2) is 52.9 Å². The Labute approximate surface area is 167 Å². The van der Waals surface area contributed by atoms with Crippen LogP contribution < -0.4 is 21.1 Å². The van der Waals surface area contributed by atoms with E-state index in [1.807, 2.05) is 36.4 Å². The van der Waals surface area contributed by atoms with Crippen molar-refractivity contribution in [2.45, 2.75) is 18.9 Å². The minimum atomic E-state index is -1.14. The third-order valence-electron chi connectivity index (χ3n) is 4.06. The van der Waals surface area contributed by atoms with Gasteiger partial charge in [-0.3, -0.25) is 9.59 Å². The molecule has 6 N–H and O–H groups in total.